The maximum absolute atomic E-state index is 12.6. The fourth-order valence-corrected chi connectivity index (χ4v) is 2.39. The molecule has 0 saturated heterocycles. The van der Waals surface area contributed by atoms with Crippen molar-refractivity contribution < 1.29 is 29.4 Å². The Balaban J connectivity index is 3.67. The zero-order valence-corrected chi connectivity index (χ0v) is 14.1. The molecule has 0 aliphatic rings. The van der Waals surface area contributed by atoms with E-state index in [0.717, 1.165) is 4.90 Å². The number of hydrogen-bond acceptors (Lipinski definition) is 4. The van der Waals surface area contributed by atoms with Crippen LogP contribution in [-0.2, 0) is 19.6 Å². The van der Waals surface area contributed by atoms with Gasteiger partial charge in [0.25, 0.3) is 10.1 Å². The molecule has 1 aromatic rings. The molecule has 128 valence electrons. The molecule has 0 bridgehead atoms. The molecule has 0 radical (unpaired) electrons. The lowest BCUT2D eigenvalue weighted by Gasteiger charge is -2.27. The molecule has 0 unspecified atom stereocenters. The number of benzene rings is 1. The van der Waals surface area contributed by atoms with E-state index in [-0.39, 0.29) is 24.4 Å². The smallest absolute Gasteiger partial charge is 0.274 e. The van der Waals surface area contributed by atoms with Gasteiger partial charge >= 0.3 is 0 Å². The third kappa shape index (κ3) is 6.52. The number of amides is 1. The molecular weight excluding hydrogens is 318 g/mol. The van der Waals surface area contributed by atoms with E-state index in [0.29, 0.717) is 12.2 Å². The van der Waals surface area contributed by atoms with Gasteiger partial charge in [-0.1, -0.05) is 35.8 Å². The first kappa shape index (κ1) is 12.7. The summed E-state index contributed by atoms with van der Waals surface area (Å²) >= 11 is 0. The standard InChI is InChI=1S/C16H23NO5S/c1-4-22-11-10-17(15(18)12-23(19,20)21)16(13(2)3)14-8-6-5-7-9-14/h5-9H,4,10-12H2,1-3H3,(H,19,20,21)/i5D,6D,7D,8D,9D. The summed E-state index contributed by atoms with van der Waals surface area (Å²) in [6.07, 6.45) is 0. The van der Waals surface area contributed by atoms with Gasteiger partial charge < -0.3 is 9.64 Å². The van der Waals surface area contributed by atoms with Gasteiger partial charge in [-0.15, -0.1) is 0 Å². The Morgan fingerprint density at radius 3 is 2.39 bits per heavy atom. The zero-order valence-electron chi connectivity index (χ0n) is 18.3. The minimum atomic E-state index is -4.64. The molecular formula is C16H23NO5S. The molecule has 0 atom stereocenters. The molecule has 1 aromatic carbocycles. The van der Waals surface area contributed by atoms with Crippen molar-refractivity contribution >= 4 is 21.7 Å². The molecule has 23 heavy (non-hydrogen) atoms. The Morgan fingerprint density at radius 2 is 1.91 bits per heavy atom. The van der Waals surface area contributed by atoms with Crippen molar-refractivity contribution in [3.8, 4) is 0 Å². The highest BCUT2D eigenvalue weighted by molar-refractivity contribution is 7.86. The number of carbonyl (C=O) groups is 1. The molecule has 1 N–H and O–H groups in total. The first-order chi connectivity index (χ1) is 12.8. The van der Waals surface area contributed by atoms with Crippen LogP contribution in [0.3, 0.4) is 0 Å². The third-order valence-corrected chi connectivity index (χ3v) is 3.36. The molecule has 0 aromatic heterocycles. The SMILES string of the molecule is [2H]c1c([2H])c([2H])c(C(=C(C)C)N(CCOCC)C(=O)CS(=O)(=O)O)c([2H])c1[2H]. The van der Waals surface area contributed by atoms with Crippen LogP contribution in [0.5, 0.6) is 0 Å². The number of allylic oxidation sites excluding steroid dienone is 1. The minimum absolute atomic E-state index is 0.0170. The normalized spacial score (nSPS) is 14.2. The predicted octanol–water partition coefficient (Wildman–Crippen LogP) is 2.19. The molecule has 0 spiro atoms. The Labute approximate surface area is 144 Å². The quantitative estimate of drug-likeness (QED) is 0.576. The lowest BCUT2D eigenvalue weighted by atomic mass is 10.1. The van der Waals surface area contributed by atoms with E-state index in [1.807, 2.05) is 0 Å². The Bertz CT molecular complexity index is 868. The highest BCUT2D eigenvalue weighted by atomic mass is 32.2. The van der Waals surface area contributed by atoms with Crippen LogP contribution in [0, 0.1) is 0 Å². The van der Waals surface area contributed by atoms with Crippen molar-refractivity contribution in [3.63, 3.8) is 0 Å². The predicted molar refractivity (Wildman–Crippen MR) is 89.3 cm³/mol. The zero-order chi connectivity index (χ0) is 21.8. The van der Waals surface area contributed by atoms with Crippen LogP contribution >= 0.6 is 0 Å². The molecule has 1 amide bonds. The van der Waals surface area contributed by atoms with Crippen molar-refractivity contribution in [2.75, 3.05) is 25.5 Å². The molecule has 0 saturated carbocycles. The molecule has 6 nitrogen and oxygen atoms in total. The largest absolute Gasteiger partial charge is 0.380 e. The van der Waals surface area contributed by atoms with Gasteiger partial charge in [0.05, 0.1) is 13.5 Å². The van der Waals surface area contributed by atoms with E-state index < -0.39 is 52.0 Å². The highest BCUT2D eigenvalue weighted by Crippen LogP contribution is 2.23. The molecule has 0 aliphatic heterocycles. The average molecular weight is 346 g/mol. The van der Waals surface area contributed by atoms with Gasteiger partial charge in [-0.25, -0.2) is 0 Å². The van der Waals surface area contributed by atoms with E-state index in [1.165, 1.54) is 0 Å². The number of ether oxygens (including phenoxy) is 1. The summed E-state index contributed by atoms with van der Waals surface area (Å²) < 4.78 is 76.3. The summed E-state index contributed by atoms with van der Waals surface area (Å²) in [5.74, 6) is -2.22. The lowest BCUT2D eigenvalue weighted by Crippen LogP contribution is -2.37. The van der Waals surface area contributed by atoms with Crippen LogP contribution in [0.25, 0.3) is 5.70 Å². The highest BCUT2D eigenvalue weighted by Gasteiger charge is 2.24. The van der Waals surface area contributed by atoms with Gasteiger partial charge in [-0.3, -0.25) is 9.35 Å². The first-order valence-corrected chi connectivity index (χ1v) is 8.52. The fraction of sp³-hybridized carbons (Fsp3) is 0.438. The van der Waals surface area contributed by atoms with Crippen molar-refractivity contribution in [2.45, 2.75) is 20.8 Å². The summed E-state index contributed by atoms with van der Waals surface area (Å²) in [5.41, 5.74) is 0.162. The Morgan fingerprint density at radius 1 is 1.30 bits per heavy atom. The molecule has 0 heterocycles. The topological polar surface area (TPSA) is 83.9 Å². The van der Waals surface area contributed by atoms with Gasteiger partial charge in [0.15, 0.2) is 5.75 Å². The van der Waals surface area contributed by atoms with Gasteiger partial charge in [-0.05, 0) is 26.3 Å². The number of hydrogen-bond donors (Lipinski definition) is 1. The maximum atomic E-state index is 12.6. The first-order valence-electron chi connectivity index (χ1n) is 9.41. The summed E-state index contributed by atoms with van der Waals surface area (Å²) in [6, 6.07) is -2.80. The van der Waals surface area contributed by atoms with E-state index in [1.54, 1.807) is 20.8 Å². The lowest BCUT2D eigenvalue weighted by molar-refractivity contribution is -0.125. The number of nitrogens with zero attached hydrogens (tertiary/aromatic N) is 1. The number of rotatable bonds is 8. The third-order valence-electron chi connectivity index (χ3n) is 2.75. The van der Waals surface area contributed by atoms with Gasteiger partial charge in [0.1, 0.15) is 0 Å². The van der Waals surface area contributed by atoms with Gasteiger partial charge in [-0.2, -0.15) is 8.42 Å². The Hall–Kier alpha value is -1.70. The van der Waals surface area contributed by atoms with Crippen molar-refractivity contribution in [1.82, 2.24) is 4.90 Å². The number of carbonyl (C=O) groups excluding carboxylic acids is 1. The molecule has 7 heteroatoms. The summed E-state index contributed by atoms with van der Waals surface area (Å²) in [5, 5.41) is 0. The molecule has 1 rings (SSSR count). The van der Waals surface area contributed by atoms with E-state index >= 15 is 0 Å². The summed E-state index contributed by atoms with van der Waals surface area (Å²) in [7, 11) is -4.64. The second-order valence-corrected chi connectivity index (χ2v) is 6.27. The van der Waals surface area contributed by atoms with Crippen molar-refractivity contribution in [1.29, 1.82) is 0 Å². The van der Waals surface area contributed by atoms with Crippen molar-refractivity contribution in [2.24, 2.45) is 0 Å². The maximum Gasteiger partial charge on any atom is 0.274 e. The minimum Gasteiger partial charge on any atom is -0.380 e. The second kappa shape index (κ2) is 8.81. The van der Waals surface area contributed by atoms with Gasteiger partial charge in [0.2, 0.25) is 5.91 Å². The summed E-state index contributed by atoms with van der Waals surface area (Å²) in [6.45, 7) is 5.06. The molecule has 0 aliphatic carbocycles. The van der Waals surface area contributed by atoms with Crippen LogP contribution in [0.2, 0.25) is 0 Å². The van der Waals surface area contributed by atoms with Crippen LogP contribution in [0.15, 0.2) is 35.8 Å². The van der Waals surface area contributed by atoms with E-state index in [9.17, 15) is 13.2 Å². The van der Waals surface area contributed by atoms with Crippen molar-refractivity contribution in [3.05, 3.63) is 41.3 Å². The fourth-order valence-electron chi connectivity index (χ4n) is 1.92. The van der Waals surface area contributed by atoms with Crippen LogP contribution in [-0.4, -0.2) is 49.3 Å². The van der Waals surface area contributed by atoms with E-state index in [2.05, 4.69) is 0 Å². The van der Waals surface area contributed by atoms with Crippen LogP contribution < -0.4 is 0 Å². The van der Waals surface area contributed by atoms with Crippen LogP contribution in [0.4, 0.5) is 0 Å². The van der Waals surface area contributed by atoms with E-state index in [4.69, 9.17) is 16.1 Å². The summed E-state index contributed by atoms with van der Waals surface area (Å²) in [4.78, 5) is 13.5. The van der Waals surface area contributed by atoms with Crippen LogP contribution in [0.1, 0.15) is 33.2 Å². The second-order valence-electron chi connectivity index (χ2n) is 4.82. The van der Waals surface area contributed by atoms with Gasteiger partial charge in [0, 0.05) is 18.8 Å². The average Bonchev–Trinajstić information content (AvgIpc) is 2.58. The Kier molecular flexibility index (Phi) is 4.86. The monoisotopic (exact) mass is 346 g/mol. The molecule has 0 fully saturated rings.